The van der Waals surface area contributed by atoms with Crippen LogP contribution in [0.15, 0.2) is 18.2 Å². The van der Waals surface area contributed by atoms with Crippen molar-refractivity contribution in [1.82, 2.24) is 10.2 Å². The van der Waals surface area contributed by atoms with Gasteiger partial charge in [0, 0.05) is 31.2 Å². The molecule has 2 nitrogen and oxygen atoms in total. The molecule has 88 valence electrons. The normalized spacial score (nSPS) is 16.5. The minimum Gasteiger partial charge on any atom is -0.314 e. The second-order valence-corrected chi connectivity index (χ2v) is 4.08. The summed E-state index contributed by atoms with van der Waals surface area (Å²) >= 11 is 0. The van der Waals surface area contributed by atoms with E-state index in [1.807, 2.05) is 6.92 Å². The predicted molar refractivity (Wildman–Crippen MR) is 59.1 cm³/mol. The summed E-state index contributed by atoms with van der Waals surface area (Å²) in [6.45, 7) is 4.98. The summed E-state index contributed by atoms with van der Waals surface area (Å²) in [7, 11) is 0. The van der Waals surface area contributed by atoms with Crippen LogP contribution in [0.25, 0.3) is 0 Å². The van der Waals surface area contributed by atoms with Crippen molar-refractivity contribution in [2.45, 2.75) is 19.5 Å². The maximum atomic E-state index is 13.5. The number of hydrogen-bond donors (Lipinski definition) is 1. The summed E-state index contributed by atoms with van der Waals surface area (Å²) in [5, 5.41) is 3.16. The number of rotatable bonds is 4. The van der Waals surface area contributed by atoms with Gasteiger partial charge in [0.05, 0.1) is 0 Å². The molecule has 1 aromatic carbocycles. The molecule has 0 amide bonds. The Hall–Kier alpha value is -1.00. The predicted octanol–water partition coefficient (Wildman–Crippen LogP) is 1.76. The van der Waals surface area contributed by atoms with Gasteiger partial charge in [0.25, 0.3) is 0 Å². The van der Waals surface area contributed by atoms with Crippen molar-refractivity contribution >= 4 is 0 Å². The molecule has 2 rings (SSSR count). The van der Waals surface area contributed by atoms with Crippen molar-refractivity contribution in [3.63, 3.8) is 0 Å². The second-order valence-electron chi connectivity index (χ2n) is 4.08. The van der Waals surface area contributed by atoms with E-state index in [0.29, 0.717) is 12.6 Å². The molecular formula is C12H16F2N2. The topological polar surface area (TPSA) is 15.3 Å². The Balaban J connectivity index is 2.11. The number of halogens is 2. The summed E-state index contributed by atoms with van der Waals surface area (Å²) in [4.78, 5) is 2.10. The summed E-state index contributed by atoms with van der Waals surface area (Å²) in [6.07, 6.45) is 0. The standard InChI is InChI=1S/C12H16F2N2/c1-2-16(9-6-15-7-9)8-10-11(13)4-3-5-12(10)14/h3-5,9,15H,2,6-8H2,1H3. The fraction of sp³-hybridized carbons (Fsp3) is 0.500. The molecule has 0 atom stereocenters. The first-order valence-corrected chi connectivity index (χ1v) is 5.60. The SMILES string of the molecule is CCN(Cc1c(F)cccc1F)C1CNC1. The lowest BCUT2D eigenvalue weighted by Gasteiger charge is -2.37. The highest BCUT2D eigenvalue weighted by atomic mass is 19.1. The molecule has 16 heavy (non-hydrogen) atoms. The highest BCUT2D eigenvalue weighted by molar-refractivity contribution is 5.19. The molecule has 0 aromatic heterocycles. The fourth-order valence-electron chi connectivity index (χ4n) is 1.92. The first-order valence-electron chi connectivity index (χ1n) is 5.60. The maximum absolute atomic E-state index is 13.5. The Kier molecular flexibility index (Phi) is 3.51. The molecule has 4 heteroatoms. The fourth-order valence-corrected chi connectivity index (χ4v) is 1.92. The minimum atomic E-state index is -0.453. The lowest BCUT2D eigenvalue weighted by atomic mass is 10.1. The molecule has 0 saturated carbocycles. The third-order valence-electron chi connectivity index (χ3n) is 3.11. The van der Waals surface area contributed by atoms with Crippen molar-refractivity contribution < 1.29 is 8.78 Å². The van der Waals surface area contributed by atoms with E-state index in [4.69, 9.17) is 0 Å². The van der Waals surface area contributed by atoms with Crippen molar-refractivity contribution in [1.29, 1.82) is 0 Å². The van der Waals surface area contributed by atoms with E-state index in [2.05, 4.69) is 10.2 Å². The van der Waals surface area contributed by atoms with Gasteiger partial charge in [-0.3, -0.25) is 4.90 Å². The van der Waals surface area contributed by atoms with Gasteiger partial charge in [-0.05, 0) is 18.7 Å². The quantitative estimate of drug-likeness (QED) is 0.841. The number of likely N-dealkylation sites (N-methyl/N-ethyl adjacent to an activating group) is 1. The Bertz CT molecular complexity index is 344. The summed E-state index contributed by atoms with van der Waals surface area (Å²) < 4.78 is 26.9. The first-order chi connectivity index (χ1) is 7.72. The molecule has 0 unspecified atom stereocenters. The maximum Gasteiger partial charge on any atom is 0.130 e. The van der Waals surface area contributed by atoms with Crippen LogP contribution in [-0.2, 0) is 6.54 Å². The summed E-state index contributed by atoms with van der Waals surface area (Å²) in [5.41, 5.74) is 0.177. The Morgan fingerprint density at radius 2 is 1.94 bits per heavy atom. The van der Waals surface area contributed by atoms with Crippen LogP contribution in [0, 0.1) is 11.6 Å². The van der Waals surface area contributed by atoms with E-state index in [1.165, 1.54) is 18.2 Å². The monoisotopic (exact) mass is 226 g/mol. The van der Waals surface area contributed by atoms with Gasteiger partial charge in [-0.15, -0.1) is 0 Å². The van der Waals surface area contributed by atoms with Crippen molar-refractivity contribution in [2.24, 2.45) is 0 Å². The van der Waals surface area contributed by atoms with Gasteiger partial charge < -0.3 is 5.32 Å². The van der Waals surface area contributed by atoms with E-state index in [9.17, 15) is 8.78 Å². The van der Waals surface area contributed by atoms with E-state index >= 15 is 0 Å². The lowest BCUT2D eigenvalue weighted by molar-refractivity contribution is 0.142. The molecule has 1 aliphatic heterocycles. The molecule has 1 N–H and O–H groups in total. The highest BCUT2D eigenvalue weighted by Gasteiger charge is 2.24. The molecule has 1 saturated heterocycles. The van der Waals surface area contributed by atoms with Gasteiger partial charge in [0.2, 0.25) is 0 Å². The zero-order valence-corrected chi connectivity index (χ0v) is 9.34. The van der Waals surface area contributed by atoms with E-state index in [-0.39, 0.29) is 5.56 Å². The van der Waals surface area contributed by atoms with Gasteiger partial charge >= 0.3 is 0 Å². The van der Waals surface area contributed by atoms with Crippen molar-refractivity contribution in [3.05, 3.63) is 35.4 Å². The second kappa shape index (κ2) is 4.89. The number of benzene rings is 1. The van der Waals surface area contributed by atoms with Crippen LogP contribution in [0.1, 0.15) is 12.5 Å². The largest absolute Gasteiger partial charge is 0.314 e. The summed E-state index contributed by atoms with van der Waals surface area (Å²) in [5.74, 6) is -0.906. The van der Waals surface area contributed by atoms with Crippen LogP contribution in [0.3, 0.4) is 0 Å². The van der Waals surface area contributed by atoms with Crippen molar-refractivity contribution in [3.8, 4) is 0 Å². The van der Waals surface area contributed by atoms with Crippen LogP contribution in [-0.4, -0.2) is 30.6 Å². The van der Waals surface area contributed by atoms with E-state index in [1.54, 1.807) is 0 Å². The molecule has 0 bridgehead atoms. The minimum absolute atomic E-state index is 0.177. The van der Waals surface area contributed by atoms with Crippen LogP contribution in [0.4, 0.5) is 8.78 Å². The Labute approximate surface area is 94.3 Å². The van der Waals surface area contributed by atoms with Crippen molar-refractivity contribution in [2.75, 3.05) is 19.6 Å². The van der Waals surface area contributed by atoms with Crippen LogP contribution in [0.2, 0.25) is 0 Å². The Morgan fingerprint density at radius 3 is 2.38 bits per heavy atom. The van der Waals surface area contributed by atoms with Crippen LogP contribution >= 0.6 is 0 Å². The zero-order chi connectivity index (χ0) is 11.5. The molecule has 0 aliphatic carbocycles. The van der Waals surface area contributed by atoms with E-state index in [0.717, 1.165) is 19.6 Å². The lowest BCUT2D eigenvalue weighted by Crippen LogP contribution is -2.56. The number of nitrogens with zero attached hydrogens (tertiary/aromatic N) is 1. The van der Waals surface area contributed by atoms with Gasteiger partial charge in [0.15, 0.2) is 0 Å². The van der Waals surface area contributed by atoms with Gasteiger partial charge in [-0.1, -0.05) is 13.0 Å². The molecule has 0 spiro atoms. The third-order valence-corrected chi connectivity index (χ3v) is 3.11. The van der Waals surface area contributed by atoms with Crippen LogP contribution in [0.5, 0.6) is 0 Å². The number of nitrogens with one attached hydrogen (secondary N) is 1. The third kappa shape index (κ3) is 2.23. The molecule has 1 aromatic rings. The molecular weight excluding hydrogens is 210 g/mol. The van der Waals surface area contributed by atoms with Gasteiger partial charge in [0.1, 0.15) is 11.6 Å². The molecule has 1 heterocycles. The molecule has 1 fully saturated rings. The average molecular weight is 226 g/mol. The van der Waals surface area contributed by atoms with Crippen LogP contribution < -0.4 is 5.32 Å². The zero-order valence-electron chi connectivity index (χ0n) is 9.34. The summed E-state index contributed by atoms with van der Waals surface area (Å²) in [6, 6.07) is 4.43. The number of hydrogen-bond acceptors (Lipinski definition) is 2. The van der Waals surface area contributed by atoms with Gasteiger partial charge in [-0.25, -0.2) is 8.78 Å². The van der Waals surface area contributed by atoms with Gasteiger partial charge in [-0.2, -0.15) is 0 Å². The Morgan fingerprint density at radius 1 is 1.31 bits per heavy atom. The molecule has 0 radical (unpaired) electrons. The highest BCUT2D eigenvalue weighted by Crippen LogP contribution is 2.17. The van der Waals surface area contributed by atoms with E-state index < -0.39 is 11.6 Å². The smallest absolute Gasteiger partial charge is 0.130 e. The first kappa shape index (κ1) is 11.5. The molecule has 1 aliphatic rings. The average Bonchev–Trinajstić information content (AvgIpc) is 2.19.